The van der Waals surface area contributed by atoms with Crippen LogP contribution >= 0.6 is 11.8 Å². The minimum atomic E-state index is -0.0694. The Balaban J connectivity index is 1.39. The van der Waals surface area contributed by atoms with Gasteiger partial charge in [-0.15, -0.1) is 0 Å². The van der Waals surface area contributed by atoms with Gasteiger partial charge < -0.3 is 10.3 Å². The molecule has 4 aromatic rings. The first-order valence-corrected chi connectivity index (χ1v) is 10.0. The minimum Gasteiger partial charge on any atom is -0.337 e. The molecule has 1 amide bonds. The number of rotatable bonds is 6. The number of imidazole rings is 1. The lowest BCUT2D eigenvalue weighted by Crippen LogP contribution is -2.14. The van der Waals surface area contributed by atoms with Crippen molar-refractivity contribution in [3.05, 3.63) is 83.8 Å². The molecule has 0 spiro atoms. The van der Waals surface area contributed by atoms with Crippen molar-refractivity contribution in [2.45, 2.75) is 18.5 Å². The van der Waals surface area contributed by atoms with E-state index in [2.05, 4.69) is 32.4 Å². The lowest BCUT2D eigenvalue weighted by molar-refractivity contribution is -0.113. The van der Waals surface area contributed by atoms with Gasteiger partial charge in [0.15, 0.2) is 5.16 Å². The number of aryl methyl sites for hydroxylation is 1. The summed E-state index contributed by atoms with van der Waals surface area (Å²) in [5.41, 5.74) is 4.90. The van der Waals surface area contributed by atoms with Crippen LogP contribution in [0.1, 0.15) is 17.0 Å². The molecule has 0 radical (unpaired) electrons. The lowest BCUT2D eigenvalue weighted by atomic mass is 10.1. The van der Waals surface area contributed by atoms with Crippen molar-refractivity contribution in [1.29, 1.82) is 0 Å². The van der Waals surface area contributed by atoms with Gasteiger partial charge in [-0.25, -0.2) is 4.98 Å². The summed E-state index contributed by atoms with van der Waals surface area (Å²) >= 11 is 1.40. The molecule has 0 saturated carbocycles. The molecular formula is C22H20N4OS. The Labute approximate surface area is 167 Å². The number of benzene rings is 2. The van der Waals surface area contributed by atoms with Crippen molar-refractivity contribution >= 4 is 34.3 Å². The molecule has 2 aromatic carbocycles. The molecule has 5 nitrogen and oxygen atoms in total. The summed E-state index contributed by atoms with van der Waals surface area (Å²) < 4.78 is 0. The van der Waals surface area contributed by atoms with Gasteiger partial charge in [-0.1, -0.05) is 48.2 Å². The monoisotopic (exact) mass is 388 g/mol. The van der Waals surface area contributed by atoms with Crippen molar-refractivity contribution in [2.24, 2.45) is 0 Å². The van der Waals surface area contributed by atoms with Crippen LogP contribution in [0, 0.1) is 6.92 Å². The fourth-order valence-corrected chi connectivity index (χ4v) is 3.77. The van der Waals surface area contributed by atoms with Crippen LogP contribution in [0.3, 0.4) is 0 Å². The van der Waals surface area contributed by atoms with E-state index in [1.54, 1.807) is 6.20 Å². The Morgan fingerprint density at radius 2 is 1.93 bits per heavy atom. The average molecular weight is 388 g/mol. The maximum Gasteiger partial charge on any atom is 0.234 e. The number of amides is 1. The molecule has 4 rings (SSSR count). The lowest BCUT2D eigenvalue weighted by Gasteiger charge is -2.07. The third kappa shape index (κ3) is 4.23. The molecule has 0 bridgehead atoms. The third-order valence-corrected chi connectivity index (χ3v) is 5.31. The van der Waals surface area contributed by atoms with E-state index in [1.807, 2.05) is 55.5 Å². The number of anilines is 1. The van der Waals surface area contributed by atoms with E-state index in [0.717, 1.165) is 39.6 Å². The van der Waals surface area contributed by atoms with Gasteiger partial charge in [0.2, 0.25) is 5.91 Å². The second kappa shape index (κ2) is 8.27. The quantitative estimate of drug-likeness (QED) is 0.474. The minimum absolute atomic E-state index is 0.0694. The molecule has 140 valence electrons. The number of nitrogens with one attached hydrogen (secondary N) is 2. The van der Waals surface area contributed by atoms with Gasteiger partial charge in [-0.3, -0.25) is 9.78 Å². The highest BCUT2D eigenvalue weighted by atomic mass is 32.2. The number of fused-ring (bicyclic) bond motifs is 1. The highest BCUT2D eigenvalue weighted by molar-refractivity contribution is 7.99. The number of hydrogen-bond acceptors (Lipinski definition) is 4. The standard InChI is InChI=1S/C22H20N4OS/c1-15-20(13-16-7-3-2-4-8-16)26-22(24-15)28-14-21(27)25-19-11-5-10-18-17(19)9-6-12-23-18/h2-12H,13-14H2,1H3,(H,24,26)(H,25,27). The van der Waals surface area contributed by atoms with Gasteiger partial charge in [0.25, 0.3) is 0 Å². The Hall–Kier alpha value is -3.12. The van der Waals surface area contributed by atoms with Gasteiger partial charge in [0, 0.05) is 23.7 Å². The number of hydrogen-bond donors (Lipinski definition) is 2. The maximum atomic E-state index is 12.4. The first-order chi connectivity index (χ1) is 13.7. The van der Waals surface area contributed by atoms with Gasteiger partial charge in [-0.2, -0.15) is 0 Å². The topological polar surface area (TPSA) is 70.7 Å². The van der Waals surface area contributed by atoms with Crippen LogP contribution in [0.15, 0.2) is 72.0 Å². The number of carbonyl (C=O) groups is 1. The summed E-state index contributed by atoms with van der Waals surface area (Å²) in [6, 6.07) is 19.8. The van der Waals surface area contributed by atoms with E-state index in [1.165, 1.54) is 17.3 Å². The van der Waals surface area contributed by atoms with Crippen molar-refractivity contribution in [3.8, 4) is 0 Å². The van der Waals surface area contributed by atoms with Crippen molar-refractivity contribution in [3.63, 3.8) is 0 Å². The molecular weight excluding hydrogens is 368 g/mol. The molecule has 0 aliphatic heterocycles. The van der Waals surface area contributed by atoms with Gasteiger partial charge >= 0.3 is 0 Å². The van der Waals surface area contributed by atoms with Gasteiger partial charge in [0.1, 0.15) is 0 Å². The van der Waals surface area contributed by atoms with Crippen LogP contribution in [0.5, 0.6) is 0 Å². The Kier molecular flexibility index (Phi) is 5.39. The van der Waals surface area contributed by atoms with E-state index in [-0.39, 0.29) is 11.7 Å². The molecule has 2 heterocycles. The number of nitrogens with zero attached hydrogens (tertiary/aromatic N) is 2. The summed E-state index contributed by atoms with van der Waals surface area (Å²) in [5, 5.41) is 4.67. The number of pyridine rings is 1. The normalized spacial score (nSPS) is 10.9. The number of thioether (sulfide) groups is 1. The van der Waals surface area contributed by atoms with E-state index in [4.69, 9.17) is 0 Å². The molecule has 0 saturated heterocycles. The molecule has 6 heteroatoms. The van der Waals surface area contributed by atoms with Gasteiger partial charge in [0.05, 0.1) is 22.7 Å². The Morgan fingerprint density at radius 3 is 2.79 bits per heavy atom. The van der Waals surface area contributed by atoms with E-state index >= 15 is 0 Å². The van der Waals surface area contributed by atoms with Crippen molar-refractivity contribution in [1.82, 2.24) is 15.0 Å². The maximum absolute atomic E-state index is 12.4. The smallest absolute Gasteiger partial charge is 0.234 e. The number of carbonyl (C=O) groups excluding carboxylic acids is 1. The fourth-order valence-electron chi connectivity index (χ4n) is 3.03. The summed E-state index contributed by atoms with van der Waals surface area (Å²) in [7, 11) is 0. The molecule has 0 aliphatic carbocycles. The molecule has 2 N–H and O–H groups in total. The van der Waals surface area contributed by atoms with Crippen LogP contribution in [0.2, 0.25) is 0 Å². The summed E-state index contributed by atoms with van der Waals surface area (Å²) in [6.45, 7) is 2.01. The molecule has 0 aliphatic rings. The largest absolute Gasteiger partial charge is 0.337 e. The zero-order valence-corrected chi connectivity index (χ0v) is 16.3. The summed E-state index contributed by atoms with van der Waals surface area (Å²) in [5.74, 6) is 0.217. The number of aromatic nitrogens is 3. The number of aromatic amines is 1. The van der Waals surface area contributed by atoms with Crippen LogP contribution in [-0.2, 0) is 11.2 Å². The van der Waals surface area contributed by atoms with Crippen LogP contribution in [0.25, 0.3) is 10.9 Å². The first-order valence-electron chi connectivity index (χ1n) is 9.05. The van der Waals surface area contributed by atoms with Crippen molar-refractivity contribution in [2.75, 3.05) is 11.1 Å². The predicted octanol–water partition coefficient (Wildman–Crippen LogP) is 4.59. The third-order valence-electron chi connectivity index (χ3n) is 4.44. The van der Waals surface area contributed by atoms with E-state index in [0.29, 0.717) is 0 Å². The summed E-state index contributed by atoms with van der Waals surface area (Å²) in [6.07, 6.45) is 2.52. The molecule has 0 unspecified atom stereocenters. The predicted molar refractivity (Wildman–Crippen MR) is 114 cm³/mol. The van der Waals surface area contributed by atoms with Gasteiger partial charge in [-0.05, 0) is 36.8 Å². The Morgan fingerprint density at radius 1 is 1.07 bits per heavy atom. The van der Waals surface area contributed by atoms with Crippen LogP contribution < -0.4 is 5.32 Å². The molecule has 0 fully saturated rings. The Bertz CT molecular complexity index is 1100. The zero-order chi connectivity index (χ0) is 19.3. The molecule has 2 aromatic heterocycles. The van der Waals surface area contributed by atoms with E-state index in [9.17, 15) is 4.79 Å². The highest BCUT2D eigenvalue weighted by Gasteiger charge is 2.11. The zero-order valence-electron chi connectivity index (χ0n) is 15.5. The SMILES string of the molecule is Cc1[nH]c(SCC(=O)Nc2cccc3ncccc23)nc1Cc1ccccc1. The second-order valence-corrected chi connectivity index (χ2v) is 7.45. The van der Waals surface area contributed by atoms with Crippen LogP contribution in [-0.4, -0.2) is 26.6 Å². The first kappa shape index (κ1) is 18.3. The molecule has 0 atom stereocenters. The fraction of sp³-hybridized carbons (Fsp3) is 0.136. The average Bonchev–Trinajstić information content (AvgIpc) is 3.07. The highest BCUT2D eigenvalue weighted by Crippen LogP contribution is 2.23. The van der Waals surface area contributed by atoms with Crippen molar-refractivity contribution < 1.29 is 4.79 Å². The number of H-pyrrole nitrogens is 1. The van der Waals surface area contributed by atoms with Crippen LogP contribution in [0.4, 0.5) is 5.69 Å². The molecule has 28 heavy (non-hydrogen) atoms. The van der Waals surface area contributed by atoms with E-state index < -0.39 is 0 Å². The summed E-state index contributed by atoms with van der Waals surface area (Å²) in [4.78, 5) is 24.7. The second-order valence-electron chi connectivity index (χ2n) is 6.49.